The maximum Gasteiger partial charge on any atom is 0.289 e. The first-order chi connectivity index (χ1) is 10.6. The van der Waals surface area contributed by atoms with Crippen LogP contribution < -0.4 is 0 Å². The van der Waals surface area contributed by atoms with E-state index in [1.807, 2.05) is 12.1 Å². The van der Waals surface area contributed by atoms with E-state index in [2.05, 4.69) is 0 Å². The normalized spacial score (nSPS) is 10.2. The van der Waals surface area contributed by atoms with Crippen LogP contribution in [0.5, 0.6) is 0 Å². The molecule has 5 nitrogen and oxygen atoms in total. The van der Waals surface area contributed by atoms with Gasteiger partial charge in [-0.2, -0.15) is 10.5 Å². The van der Waals surface area contributed by atoms with Gasteiger partial charge in [0.15, 0.2) is 5.76 Å². The summed E-state index contributed by atoms with van der Waals surface area (Å²) >= 11 is 5.97. The number of fused-ring (bicyclic) bond motifs is 1. The Morgan fingerprint density at radius 1 is 1.27 bits per heavy atom. The van der Waals surface area contributed by atoms with Crippen molar-refractivity contribution in [2.45, 2.75) is 19.8 Å². The number of carbonyl (C=O) groups is 1. The molecular formula is C16H14ClN3O2. The van der Waals surface area contributed by atoms with Crippen molar-refractivity contribution in [1.29, 1.82) is 10.5 Å². The summed E-state index contributed by atoms with van der Waals surface area (Å²) in [6.07, 6.45) is 0.421. The Bertz CT molecular complexity index is 765. The van der Waals surface area contributed by atoms with E-state index in [1.54, 1.807) is 25.1 Å². The van der Waals surface area contributed by atoms with E-state index >= 15 is 0 Å². The summed E-state index contributed by atoms with van der Waals surface area (Å²) in [7, 11) is 0. The zero-order chi connectivity index (χ0) is 16.1. The predicted octanol–water partition coefficient (Wildman–Crippen LogP) is 3.66. The molecule has 0 saturated heterocycles. The van der Waals surface area contributed by atoms with Crippen LogP contribution in [0.25, 0.3) is 11.0 Å². The molecule has 0 unspecified atom stereocenters. The molecule has 6 heteroatoms. The SMILES string of the molecule is Cc1c(C(=O)N(CCC#N)CCC#N)oc2ccc(Cl)cc12. The van der Waals surface area contributed by atoms with Crippen LogP contribution >= 0.6 is 11.6 Å². The molecule has 1 aromatic heterocycles. The van der Waals surface area contributed by atoms with Gasteiger partial charge in [0.1, 0.15) is 5.58 Å². The second-order valence-corrected chi connectivity index (χ2v) is 5.24. The Kier molecular flexibility index (Phi) is 5.04. The van der Waals surface area contributed by atoms with Crippen molar-refractivity contribution in [2.75, 3.05) is 13.1 Å². The van der Waals surface area contributed by atoms with Crippen LogP contribution in [0, 0.1) is 29.6 Å². The zero-order valence-electron chi connectivity index (χ0n) is 12.1. The van der Waals surface area contributed by atoms with E-state index in [4.69, 9.17) is 26.5 Å². The fourth-order valence-electron chi connectivity index (χ4n) is 2.23. The number of benzene rings is 1. The molecule has 1 heterocycles. The Morgan fingerprint density at radius 3 is 2.50 bits per heavy atom. The molecule has 0 bridgehead atoms. The average molecular weight is 316 g/mol. The van der Waals surface area contributed by atoms with E-state index in [-0.39, 0.29) is 37.6 Å². The van der Waals surface area contributed by atoms with Crippen molar-refractivity contribution in [2.24, 2.45) is 0 Å². The fraction of sp³-hybridized carbons (Fsp3) is 0.312. The van der Waals surface area contributed by atoms with E-state index in [9.17, 15) is 4.79 Å². The van der Waals surface area contributed by atoms with E-state index in [0.717, 1.165) is 5.39 Å². The van der Waals surface area contributed by atoms with E-state index in [0.29, 0.717) is 16.2 Å². The summed E-state index contributed by atoms with van der Waals surface area (Å²) in [6.45, 7) is 2.34. The molecule has 0 radical (unpaired) electrons. The number of amides is 1. The van der Waals surface area contributed by atoms with Gasteiger partial charge >= 0.3 is 0 Å². The Labute approximate surface area is 133 Å². The first kappa shape index (κ1) is 15.9. The molecule has 1 aromatic carbocycles. The number of carbonyl (C=O) groups excluding carboxylic acids is 1. The van der Waals surface area contributed by atoms with Crippen LogP contribution in [0.1, 0.15) is 29.0 Å². The largest absolute Gasteiger partial charge is 0.451 e. The lowest BCUT2D eigenvalue weighted by molar-refractivity contribution is 0.0732. The summed E-state index contributed by atoms with van der Waals surface area (Å²) in [6, 6.07) is 9.18. The van der Waals surface area contributed by atoms with Crippen molar-refractivity contribution in [3.05, 3.63) is 34.5 Å². The highest BCUT2D eigenvalue weighted by Crippen LogP contribution is 2.28. The van der Waals surface area contributed by atoms with Gasteiger partial charge in [0, 0.05) is 29.1 Å². The Hall–Kier alpha value is -2.50. The molecule has 0 aliphatic rings. The minimum Gasteiger partial charge on any atom is -0.451 e. The standard InChI is InChI=1S/C16H14ClN3O2/c1-11-13-10-12(17)4-5-14(13)22-15(11)16(21)20(8-2-6-18)9-3-7-19/h4-5,10H,2-3,8-9H2,1H3. The summed E-state index contributed by atoms with van der Waals surface area (Å²) in [5, 5.41) is 18.8. The first-order valence-electron chi connectivity index (χ1n) is 6.80. The van der Waals surface area contributed by atoms with Crippen LogP contribution in [0.4, 0.5) is 0 Å². The van der Waals surface area contributed by atoms with Crippen LogP contribution in [0.3, 0.4) is 0 Å². The fourth-order valence-corrected chi connectivity index (χ4v) is 2.40. The third-order valence-electron chi connectivity index (χ3n) is 3.37. The first-order valence-corrected chi connectivity index (χ1v) is 7.18. The minimum atomic E-state index is -0.310. The van der Waals surface area contributed by atoms with E-state index < -0.39 is 0 Å². The van der Waals surface area contributed by atoms with Gasteiger partial charge in [-0.25, -0.2) is 0 Å². The van der Waals surface area contributed by atoms with Crippen molar-refractivity contribution >= 4 is 28.5 Å². The minimum absolute atomic E-state index is 0.211. The summed E-state index contributed by atoms with van der Waals surface area (Å²) in [5.41, 5.74) is 1.30. The molecule has 0 spiro atoms. The van der Waals surface area contributed by atoms with Crippen LogP contribution in [0.2, 0.25) is 5.02 Å². The lowest BCUT2D eigenvalue weighted by Crippen LogP contribution is -2.32. The third kappa shape index (κ3) is 3.21. The average Bonchev–Trinajstić information content (AvgIpc) is 2.84. The number of hydrogen-bond donors (Lipinski definition) is 0. The summed E-state index contributed by atoms with van der Waals surface area (Å²) in [4.78, 5) is 14.1. The molecule has 0 fully saturated rings. The molecule has 0 aliphatic carbocycles. The van der Waals surface area contributed by atoms with Gasteiger partial charge in [0.05, 0.1) is 25.0 Å². The molecule has 2 rings (SSSR count). The number of aryl methyl sites for hydroxylation is 1. The highest BCUT2D eigenvalue weighted by atomic mass is 35.5. The Morgan fingerprint density at radius 2 is 1.91 bits per heavy atom. The second kappa shape index (κ2) is 6.98. The molecule has 1 amide bonds. The monoisotopic (exact) mass is 315 g/mol. The topological polar surface area (TPSA) is 81.0 Å². The number of nitriles is 2. The number of nitrogens with zero attached hydrogens (tertiary/aromatic N) is 3. The predicted molar refractivity (Wildman–Crippen MR) is 82.3 cm³/mol. The lowest BCUT2D eigenvalue weighted by Gasteiger charge is -2.19. The Balaban J connectivity index is 2.35. The van der Waals surface area contributed by atoms with Crippen molar-refractivity contribution in [3.8, 4) is 12.1 Å². The zero-order valence-corrected chi connectivity index (χ0v) is 12.9. The maximum atomic E-state index is 12.6. The molecule has 2 aromatic rings. The van der Waals surface area contributed by atoms with Gasteiger partial charge < -0.3 is 9.32 Å². The van der Waals surface area contributed by atoms with Gasteiger partial charge in [-0.05, 0) is 25.1 Å². The summed E-state index contributed by atoms with van der Waals surface area (Å²) in [5.74, 6) is -0.0801. The molecule has 0 saturated carbocycles. The smallest absolute Gasteiger partial charge is 0.289 e. The van der Waals surface area contributed by atoms with Gasteiger partial charge in [-0.3, -0.25) is 4.79 Å². The van der Waals surface area contributed by atoms with Crippen LogP contribution in [-0.4, -0.2) is 23.9 Å². The highest BCUT2D eigenvalue weighted by Gasteiger charge is 2.23. The molecular weight excluding hydrogens is 302 g/mol. The molecule has 0 atom stereocenters. The second-order valence-electron chi connectivity index (χ2n) is 4.81. The number of rotatable bonds is 5. The number of halogens is 1. The molecule has 0 N–H and O–H groups in total. The van der Waals surface area contributed by atoms with Crippen molar-refractivity contribution in [3.63, 3.8) is 0 Å². The van der Waals surface area contributed by atoms with Gasteiger partial charge in [0.25, 0.3) is 5.91 Å². The van der Waals surface area contributed by atoms with Gasteiger partial charge in [-0.1, -0.05) is 11.6 Å². The quantitative estimate of drug-likeness (QED) is 0.843. The molecule has 22 heavy (non-hydrogen) atoms. The van der Waals surface area contributed by atoms with Crippen LogP contribution in [-0.2, 0) is 0 Å². The third-order valence-corrected chi connectivity index (χ3v) is 3.60. The highest BCUT2D eigenvalue weighted by molar-refractivity contribution is 6.31. The number of furan rings is 1. The van der Waals surface area contributed by atoms with E-state index in [1.165, 1.54) is 4.90 Å². The molecule has 0 aliphatic heterocycles. The molecule has 112 valence electrons. The summed E-state index contributed by atoms with van der Waals surface area (Å²) < 4.78 is 5.64. The lowest BCUT2D eigenvalue weighted by atomic mass is 10.1. The number of hydrogen-bond acceptors (Lipinski definition) is 4. The van der Waals surface area contributed by atoms with Crippen molar-refractivity contribution in [1.82, 2.24) is 4.90 Å². The van der Waals surface area contributed by atoms with Gasteiger partial charge in [0.2, 0.25) is 0 Å². The van der Waals surface area contributed by atoms with Gasteiger partial charge in [-0.15, -0.1) is 0 Å². The van der Waals surface area contributed by atoms with Crippen LogP contribution in [0.15, 0.2) is 22.6 Å². The van der Waals surface area contributed by atoms with Crippen molar-refractivity contribution < 1.29 is 9.21 Å². The maximum absolute atomic E-state index is 12.6.